The van der Waals surface area contributed by atoms with Gasteiger partial charge in [-0.15, -0.1) is 0 Å². The highest BCUT2D eigenvalue weighted by Crippen LogP contribution is 2.30. The topological polar surface area (TPSA) is 120 Å². The molecule has 0 aliphatic carbocycles. The molecule has 1 rings (SSSR count). The Labute approximate surface area is 89.0 Å². The average Bonchev–Trinajstić information content (AvgIpc) is 2.17. The van der Waals surface area contributed by atoms with E-state index in [0.717, 1.165) is 12.1 Å². The van der Waals surface area contributed by atoms with Gasteiger partial charge >= 0.3 is 5.97 Å². The minimum atomic E-state index is -3.14. The number of rotatable bonds is 3. The van der Waals surface area contributed by atoms with Crippen LogP contribution in [0.3, 0.4) is 0 Å². The van der Waals surface area contributed by atoms with Crippen molar-refractivity contribution < 1.29 is 24.9 Å². The van der Waals surface area contributed by atoms with E-state index in [4.69, 9.17) is 15.3 Å². The van der Waals surface area contributed by atoms with E-state index in [2.05, 4.69) is 9.98 Å². The number of nitrogens with zero attached hydrogens (tertiary/aromatic N) is 2. The molecule has 0 spiro atoms. The third kappa shape index (κ3) is 2.68. The van der Waals surface area contributed by atoms with Crippen molar-refractivity contribution in [2.24, 2.45) is 9.98 Å². The van der Waals surface area contributed by atoms with Gasteiger partial charge < -0.3 is 15.3 Å². The maximum Gasteiger partial charge on any atom is 0.306 e. The van der Waals surface area contributed by atoms with Crippen molar-refractivity contribution in [3.63, 3.8) is 0 Å². The van der Waals surface area contributed by atoms with Crippen LogP contribution in [0.4, 0.5) is 11.4 Å². The van der Waals surface area contributed by atoms with E-state index < -0.39 is 11.5 Å². The van der Waals surface area contributed by atoms with Crippen molar-refractivity contribution in [3.05, 3.63) is 23.8 Å². The van der Waals surface area contributed by atoms with Crippen LogP contribution in [0.25, 0.3) is 0 Å². The van der Waals surface area contributed by atoms with Gasteiger partial charge in [-0.2, -0.15) is 9.98 Å². The van der Waals surface area contributed by atoms with Gasteiger partial charge in [0, 0.05) is 0 Å². The van der Waals surface area contributed by atoms with Gasteiger partial charge in [0.05, 0.1) is 16.9 Å². The Balaban J connectivity index is 3.41. The van der Waals surface area contributed by atoms with Crippen LogP contribution in [0.15, 0.2) is 28.2 Å². The van der Waals surface area contributed by atoms with Gasteiger partial charge in [-0.3, -0.25) is 0 Å². The number of aliphatic imine (C=N–C) groups is 2. The molecule has 0 aromatic heterocycles. The summed E-state index contributed by atoms with van der Waals surface area (Å²) in [5.74, 6) is -3.14. The number of aliphatic hydroxyl groups is 3. The fourth-order valence-electron chi connectivity index (χ4n) is 1.07. The zero-order valence-electron chi connectivity index (χ0n) is 7.78. The van der Waals surface area contributed by atoms with Crippen LogP contribution < -0.4 is 0 Å². The highest BCUT2D eigenvalue weighted by atomic mass is 16.7. The number of isocyanates is 2. The van der Waals surface area contributed by atoms with Crippen LogP contribution in [-0.4, -0.2) is 27.5 Å². The Morgan fingerprint density at radius 2 is 1.69 bits per heavy atom. The van der Waals surface area contributed by atoms with Crippen LogP contribution in [0, 0.1) is 0 Å². The van der Waals surface area contributed by atoms with Crippen LogP contribution in [0.5, 0.6) is 0 Å². The Morgan fingerprint density at radius 3 is 2.19 bits per heavy atom. The molecule has 1 aromatic rings. The van der Waals surface area contributed by atoms with Gasteiger partial charge in [0.15, 0.2) is 0 Å². The number of hydrogen-bond donors (Lipinski definition) is 3. The summed E-state index contributed by atoms with van der Waals surface area (Å²) in [6, 6.07) is 3.34. The summed E-state index contributed by atoms with van der Waals surface area (Å²) in [6.07, 6.45) is 2.43. The van der Waals surface area contributed by atoms with Gasteiger partial charge in [0.2, 0.25) is 12.2 Å². The second-order valence-electron chi connectivity index (χ2n) is 2.74. The summed E-state index contributed by atoms with van der Waals surface area (Å²) in [7, 11) is 0. The molecule has 3 N–H and O–H groups in total. The standard InChI is InChI=1S/C9H6N2O5/c12-4-10-6-1-2-7(9(14,15)16)8(3-6)11-5-13/h1-3,14-16H. The van der Waals surface area contributed by atoms with E-state index in [1.807, 2.05) is 0 Å². The molecule has 0 saturated heterocycles. The number of hydrogen-bond acceptors (Lipinski definition) is 7. The van der Waals surface area contributed by atoms with Crippen LogP contribution in [-0.2, 0) is 15.6 Å². The van der Waals surface area contributed by atoms with Gasteiger partial charge in [-0.25, -0.2) is 9.59 Å². The number of carbonyl (C=O) groups excluding carboxylic acids is 2. The maximum atomic E-state index is 10.1. The van der Waals surface area contributed by atoms with Crippen LogP contribution >= 0.6 is 0 Å². The zero-order chi connectivity index (χ0) is 12.2. The zero-order valence-corrected chi connectivity index (χ0v) is 7.78. The second kappa shape index (κ2) is 4.59. The third-order valence-electron chi connectivity index (χ3n) is 1.68. The first-order valence-electron chi connectivity index (χ1n) is 3.96. The molecule has 0 radical (unpaired) electrons. The first-order valence-corrected chi connectivity index (χ1v) is 3.96. The Hall–Kier alpha value is -2.14. The normalized spacial score (nSPS) is 10.2. The summed E-state index contributed by atoms with van der Waals surface area (Å²) in [6.45, 7) is 0. The van der Waals surface area contributed by atoms with Crippen LogP contribution in [0.1, 0.15) is 5.56 Å². The predicted octanol–water partition coefficient (Wildman–Crippen LogP) is -0.292. The molecule has 82 valence electrons. The first kappa shape index (κ1) is 11.9. The highest BCUT2D eigenvalue weighted by molar-refractivity contribution is 5.62. The maximum absolute atomic E-state index is 10.1. The minimum absolute atomic E-state index is 0.0944. The summed E-state index contributed by atoms with van der Waals surface area (Å²) in [5.41, 5.74) is -0.600. The molecule has 0 saturated carbocycles. The predicted molar refractivity (Wildman–Crippen MR) is 50.3 cm³/mol. The summed E-state index contributed by atoms with van der Waals surface area (Å²) in [4.78, 5) is 26.4. The highest BCUT2D eigenvalue weighted by Gasteiger charge is 2.25. The average molecular weight is 222 g/mol. The van der Waals surface area contributed by atoms with Gasteiger partial charge in [0.1, 0.15) is 0 Å². The summed E-state index contributed by atoms with van der Waals surface area (Å²) in [5, 5.41) is 26.8. The van der Waals surface area contributed by atoms with Crippen molar-refractivity contribution in [3.8, 4) is 0 Å². The molecule has 0 unspecified atom stereocenters. The molecule has 0 aliphatic rings. The Morgan fingerprint density at radius 1 is 1.06 bits per heavy atom. The lowest BCUT2D eigenvalue weighted by molar-refractivity contribution is -0.323. The van der Waals surface area contributed by atoms with Crippen molar-refractivity contribution >= 4 is 23.5 Å². The molecule has 0 atom stereocenters. The monoisotopic (exact) mass is 222 g/mol. The molecule has 0 amide bonds. The van der Waals surface area contributed by atoms with Gasteiger partial charge in [-0.05, 0) is 18.2 Å². The molecule has 16 heavy (non-hydrogen) atoms. The Kier molecular flexibility index (Phi) is 3.42. The van der Waals surface area contributed by atoms with E-state index >= 15 is 0 Å². The summed E-state index contributed by atoms with van der Waals surface area (Å²) < 4.78 is 0. The lowest BCUT2D eigenvalue weighted by atomic mass is 10.1. The molecular weight excluding hydrogens is 216 g/mol. The van der Waals surface area contributed by atoms with Gasteiger partial charge in [0.25, 0.3) is 0 Å². The van der Waals surface area contributed by atoms with E-state index in [9.17, 15) is 9.59 Å². The molecule has 0 fully saturated rings. The second-order valence-corrected chi connectivity index (χ2v) is 2.74. The smallest absolute Gasteiger partial charge is 0.306 e. The van der Waals surface area contributed by atoms with Gasteiger partial charge in [-0.1, -0.05) is 0 Å². The number of benzene rings is 1. The van der Waals surface area contributed by atoms with Crippen molar-refractivity contribution in [2.45, 2.75) is 5.97 Å². The molecule has 0 bridgehead atoms. The molecule has 0 heterocycles. The quantitative estimate of drug-likeness (QED) is 0.368. The molecular formula is C9H6N2O5. The lowest BCUT2D eigenvalue weighted by Gasteiger charge is -2.15. The van der Waals surface area contributed by atoms with E-state index in [1.165, 1.54) is 18.2 Å². The fourth-order valence-corrected chi connectivity index (χ4v) is 1.07. The minimum Gasteiger partial charge on any atom is -0.340 e. The largest absolute Gasteiger partial charge is 0.340 e. The SMILES string of the molecule is O=C=Nc1ccc(C(O)(O)O)c(N=C=O)c1. The van der Waals surface area contributed by atoms with Crippen molar-refractivity contribution in [1.82, 2.24) is 0 Å². The van der Waals surface area contributed by atoms with Crippen molar-refractivity contribution in [1.29, 1.82) is 0 Å². The molecule has 1 aromatic carbocycles. The molecule has 0 aliphatic heterocycles. The first-order chi connectivity index (χ1) is 7.49. The van der Waals surface area contributed by atoms with Crippen molar-refractivity contribution in [2.75, 3.05) is 0 Å². The molecule has 7 nitrogen and oxygen atoms in total. The summed E-state index contributed by atoms with van der Waals surface area (Å²) >= 11 is 0. The van der Waals surface area contributed by atoms with E-state index in [1.54, 1.807) is 0 Å². The third-order valence-corrected chi connectivity index (χ3v) is 1.68. The van der Waals surface area contributed by atoms with E-state index in [0.29, 0.717) is 0 Å². The fraction of sp³-hybridized carbons (Fsp3) is 0.111. The Bertz CT molecular complexity index is 493. The lowest BCUT2D eigenvalue weighted by Crippen LogP contribution is -2.23. The molecule has 7 heteroatoms. The van der Waals surface area contributed by atoms with Crippen LogP contribution in [0.2, 0.25) is 0 Å². The van der Waals surface area contributed by atoms with E-state index in [-0.39, 0.29) is 11.4 Å².